The molecule has 1 aliphatic heterocycles. The largest absolute Gasteiger partial charge is 0.452 e. The van der Waals surface area contributed by atoms with E-state index < -0.39 is 16.0 Å². The van der Waals surface area contributed by atoms with Crippen LogP contribution in [0.15, 0.2) is 51.2 Å². The Morgan fingerprint density at radius 1 is 1.14 bits per heavy atom. The number of hydrogen-bond donors (Lipinski definition) is 0. The van der Waals surface area contributed by atoms with E-state index in [9.17, 15) is 13.2 Å². The van der Waals surface area contributed by atoms with Crippen molar-refractivity contribution in [3.05, 3.63) is 53.2 Å². The van der Waals surface area contributed by atoms with E-state index in [0.717, 1.165) is 24.1 Å². The molecule has 1 aliphatic rings. The zero-order chi connectivity index (χ0) is 20.3. The van der Waals surface area contributed by atoms with Crippen LogP contribution in [0.1, 0.15) is 35.5 Å². The molecular formula is C19H19N3O5S2. The van der Waals surface area contributed by atoms with Gasteiger partial charge in [-0.15, -0.1) is 11.3 Å². The zero-order valence-corrected chi connectivity index (χ0v) is 17.1. The first-order valence-corrected chi connectivity index (χ1v) is 11.5. The number of carbonyl (C=O) groups excluding carboxylic acids is 1. The number of piperidine rings is 1. The lowest BCUT2D eigenvalue weighted by Gasteiger charge is -2.25. The summed E-state index contributed by atoms with van der Waals surface area (Å²) in [7, 11) is -3.53. The molecule has 0 aliphatic carbocycles. The van der Waals surface area contributed by atoms with Crippen molar-refractivity contribution in [1.82, 2.24) is 14.4 Å². The Morgan fingerprint density at radius 3 is 2.59 bits per heavy atom. The third-order valence-electron chi connectivity index (χ3n) is 4.58. The maximum Gasteiger partial charge on any atom is 0.338 e. The summed E-state index contributed by atoms with van der Waals surface area (Å²) >= 11 is 1.48. The van der Waals surface area contributed by atoms with Crippen molar-refractivity contribution < 1.29 is 22.5 Å². The Kier molecular flexibility index (Phi) is 5.74. The average Bonchev–Trinajstić information content (AvgIpc) is 3.44. The third-order valence-corrected chi connectivity index (χ3v) is 7.36. The van der Waals surface area contributed by atoms with Gasteiger partial charge < -0.3 is 9.26 Å². The number of aromatic nitrogens is 2. The fraction of sp³-hybridized carbons (Fsp3) is 0.316. The molecule has 0 radical (unpaired) electrons. The van der Waals surface area contributed by atoms with Crippen molar-refractivity contribution in [1.29, 1.82) is 0 Å². The lowest BCUT2D eigenvalue weighted by atomic mass is 10.2. The Bertz CT molecular complexity index is 1070. The minimum atomic E-state index is -3.53. The van der Waals surface area contributed by atoms with Crippen molar-refractivity contribution in [2.45, 2.75) is 30.8 Å². The van der Waals surface area contributed by atoms with Gasteiger partial charge >= 0.3 is 5.97 Å². The predicted molar refractivity (Wildman–Crippen MR) is 106 cm³/mol. The molecular weight excluding hydrogens is 414 g/mol. The van der Waals surface area contributed by atoms with Crippen LogP contribution in [0, 0.1) is 0 Å². The normalized spacial score (nSPS) is 15.3. The van der Waals surface area contributed by atoms with Gasteiger partial charge in [0.05, 0.1) is 15.3 Å². The summed E-state index contributed by atoms with van der Waals surface area (Å²) in [5, 5.41) is 5.76. The molecule has 0 unspecified atom stereocenters. The maximum absolute atomic E-state index is 12.7. The Hall–Kier alpha value is -2.56. The van der Waals surface area contributed by atoms with E-state index in [1.807, 2.05) is 17.5 Å². The summed E-state index contributed by atoms with van der Waals surface area (Å²) in [6.45, 7) is 0.901. The van der Waals surface area contributed by atoms with Crippen LogP contribution in [0.25, 0.3) is 10.7 Å². The Morgan fingerprint density at radius 2 is 1.90 bits per heavy atom. The molecule has 4 rings (SSSR count). The van der Waals surface area contributed by atoms with Gasteiger partial charge in [-0.05, 0) is 48.6 Å². The van der Waals surface area contributed by atoms with Gasteiger partial charge in [0.25, 0.3) is 5.89 Å². The van der Waals surface area contributed by atoms with Gasteiger partial charge in [0.15, 0.2) is 6.61 Å². The van der Waals surface area contributed by atoms with Crippen LogP contribution in [0.4, 0.5) is 0 Å². The van der Waals surface area contributed by atoms with E-state index >= 15 is 0 Å². The van der Waals surface area contributed by atoms with Gasteiger partial charge in [0.1, 0.15) is 0 Å². The molecule has 0 atom stereocenters. The number of rotatable bonds is 6. The first-order valence-electron chi connectivity index (χ1n) is 9.18. The lowest BCUT2D eigenvalue weighted by molar-refractivity contribution is 0.0429. The van der Waals surface area contributed by atoms with Crippen LogP contribution >= 0.6 is 11.3 Å². The minimum absolute atomic E-state index is 0.162. The van der Waals surface area contributed by atoms with Gasteiger partial charge in [-0.3, -0.25) is 0 Å². The standard InChI is InChI=1S/C19H19N3O5S2/c23-19(26-13-17-20-18(21-27-17)16-5-4-12-28-16)14-6-8-15(9-7-14)29(24,25)22-10-2-1-3-11-22/h4-9,12H,1-3,10-11,13H2. The molecule has 1 saturated heterocycles. The number of ether oxygens (including phenoxy) is 1. The summed E-state index contributed by atoms with van der Waals surface area (Å²) in [6.07, 6.45) is 2.78. The van der Waals surface area contributed by atoms with Gasteiger partial charge in [0, 0.05) is 13.1 Å². The molecule has 2 aromatic heterocycles. The highest BCUT2D eigenvalue weighted by Crippen LogP contribution is 2.22. The van der Waals surface area contributed by atoms with Crippen LogP contribution in [-0.4, -0.2) is 41.9 Å². The van der Waals surface area contributed by atoms with E-state index in [1.54, 1.807) is 0 Å². The SMILES string of the molecule is O=C(OCc1nc(-c2cccs2)no1)c1ccc(S(=O)(=O)N2CCCCC2)cc1. The second-order valence-electron chi connectivity index (χ2n) is 6.55. The number of thiophene rings is 1. The van der Waals surface area contributed by atoms with Gasteiger partial charge in [-0.2, -0.15) is 9.29 Å². The topological polar surface area (TPSA) is 103 Å². The van der Waals surface area contributed by atoms with Crippen LogP contribution in [-0.2, 0) is 21.4 Å². The number of hydrogen-bond acceptors (Lipinski definition) is 8. The molecule has 3 aromatic rings. The first-order chi connectivity index (χ1) is 14.0. The summed E-state index contributed by atoms with van der Waals surface area (Å²) in [5.74, 6) is 0.0344. The molecule has 10 heteroatoms. The number of carbonyl (C=O) groups is 1. The van der Waals surface area contributed by atoms with Crippen molar-refractivity contribution in [2.75, 3.05) is 13.1 Å². The first kappa shape index (κ1) is 19.7. The zero-order valence-electron chi connectivity index (χ0n) is 15.5. The quantitative estimate of drug-likeness (QED) is 0.549. The van der Waals surface area contributed by atoms with Gasteiger partial charge in [-0.25, -0.2) is 13.2 Å². The average molecular weight is 434 g/mol. The van der Waals surface area contributed by atoms with E-state index in [1.165, 1.54) is 39.9 Å². The maximum atomic E-state index is 12.7. The third kappa shape index (κ3) is 4.39. The molecule has 0 bridgehead atoms. The summed E-state index contributed by atoms with van der Waals surface area (Å²) in [4.78, 5) is 17.5. The molecule has 1 fully saturated rings. The van der Waals surface area contributed by atoms with Crippen molar-refractivity contribution in [3.63, 3.8) is 0 Å². The van der Waals surface area contributed by atoms with Gasteiger partial charge in [-0.1, -0.05) is 17.6 Å². The highest BCUT2D eigenvalue weighted by Gasteiger charge is 2.26. The molecule has 0 amide bonds. The number of benzene rings is 1. The second kappa shape index (κ2) is 8.44. The fourth-order valence-corrected chi connectivity index (χ4v) is 5.21. The van der Waals surface area contributed by atoms with E-state index in [2.05, 4.69) is 10.1 Å². The number of esters is 1. The van der Waals surface area contributed by atoms with Crippen LogP contribution in [0.3, 0.4) is 0 Å². The Balaban J connectivity index is 1.38. The summed E-state index contributed by atoms with van der Waals surface area (Å²) in [6, 6.07) is 9.51. The smallest absolute Gasteiger partial charge is 0.338 e. The molecule has 0 N–H and O–H groups in total. The molecule has 3 heterocycles. The van der Waals surface area contributed by atoms with Gasteiger partial charge in [0.2, 0.25) is 15.8 Å². The molecule has 29 heavy (non-hydrogen) atoms. The van der Waals surface area contributed by atoms with E-state index in [4.69, 9.17) is 9.26 Å². The van der Waals surface area contributed by atoms with Crippen molar-refractivity contribution >= 4 is 27.3 Å². The van der Waals surface area contributed by atoms with Crippen LogP contribution in [0.5, 0.6) is 0 Å². The molecule has 8 nitrogen and oxygen atoms in total. The highest BCUT2D eigenvalue weighted by atomic mass is 32.2. The highest BCUT2D eigenvalue weighted by molar-refractivity contribution is 7.89. The predicted octanol–water partition coefficient (Wildman–Crippen LogP) is 3.33. The van der Waals surface area contributed by atoms with Crippen LogP contribution < -0.4 is 0 Å². The summed E-state index contributed by atoms with van der Waals surface area (Å²) < 4.78 is 37.1. The minimum Gasteiger partial charge on any atom is -0.452 e. The number of nitrogens with zero attached hydrogens (tertiary/aromatic N) is 3. The monoisotopic (exact) mass is 433 g/mol. The lowest BCUT2D eigenvalue weighted by Crippen LogP contribution is -2.35. The van der Waals surface area contributed by atoms with Crippen molar-refractivity contribution in [2.24, 2.45) is 0 Å². The number of sulfonamides is 1. The second-order valence-corrected chi connectivity index (χ2v) is 9.44. The molecule has 0 spiro atoms. The van der Waals surface area contributed by atoms with Crippen LogP contribution in [0.2, 0.25) is 0 Å². The Labute approximate surface area is 172 Å². The van der Waals surface area contributed by atoms with Crippen molar-refractivity contribution in [3.8, 4) is 10.7 Å². The molecule has 0 saturated carbocycles. The van der Waals surface area contributed by atoms with E-state index in [0.29, 0.717) is 18.9 Å². The molecule has 152 valence electrons. The summed E-state index contributed by atoms with van der Waals surface area (Å²) in [5.41, 5.74) is 0.251. The fourth-order valence-electron chi connectivity index (χ4n) is 3.05. The van der Waals surface area contributed by atoms with E-state index in [-0.39, 0.29) is 23.0 Å². The molecule has 1 aromatic carbocycles.